The fourth-order valence-corrected chi connectivity index (χ4v) is 3.58. The van der Waals surface area contributed by atoms with Crippen LogP contribution in [-0.4, -0.2) is 4.99 Å². The van der Waals surface area contributed by atoms with Crippen molar-refractivity contribution in [1.82, 2.24) is 5.32 Å². The molecule has 28 heavy (non-hydrogen) atoms. The van der Waals surface area contributed by atoms with Gasteiger partial charge in [-0.05, 0) is 86.6 Å². The fraction of sp³-hybridized carbons (Fsp3) is 0.240. The smallest absolute Gasteiger partial charge is 0.0765 e. The summed E-state index contributed by atoms with van der Waals surface area (Å²) in [6, 6.07) is 13.0. The Hall–Kier alpha value is -2.10. The van der Waals surface area contributed by atoms with Gasteiger partial charge >= 0.3 is 0 Å². The van der Waals surface area contributed by atoms with Gasteiger partial charge in [-0.2, -0.15) is 0 Å². The van der Waals surface area contributed by atoms with Crippen LogP contribution < -0.4 is 5.32 Å². The highest BCUT2D eigenvalue weighted by Gasteiger charge is 2.09. The predicted octanol–water partition coefficient (Wildman–Crippen LogP) is 6.79. The van der Waals surface area contributed by atoms with Crippen molar-refractivity contribution >= 4 is 35.9 Å². The summed E-state index contributed by atoms with van der Waals surface area (Å²) in [5.74, 6) is 0. The molecule has 0 fully saturated rings. The van der Waals surface area contributed by atoms with Crippen LogP contribution in [0.4, 0.5) is 0 Å². The number of rotatable bonds is 7. The van der Waals surface area contributed by atoms with Crippen LogP contribution in [0.3, 0.4) is 0 Å². The third-order valence-corrected chi connectivity index (χ3v) is 5.08. The van der Waals surface area contributed by atoms with Crippen molar-refractivity contribution in [2.24, 2.45) is 0 Å². The van der Waals surface area contributed by atoms with E-state index in [2.05, 4.69) is 81.4 Å². The summed E-state index contributed by atoms with van der Waals surface area (Å²) in [5, 5.41) is 3.14. The lowest BCUT2D eigenvalue weighted by Crippen LogP contribution is -2.18. The molecular formula is C25H29NS2. The Bertz CT molecular complexity index is 951. The second-order valence-corrected chi connectivity index (χ2v) is 8.44. The quantitative estimate of drug-likeness (QED) is 0.298. The molecule has 0 aromatic heterocycles. The number of aryl methyl sites for hydroxylation is 4. The lowest BCUT2D eigenvalue weighted by molar-refractivity contribution is 0.943. The average molecular weight is 408 g/mol. The normalized spacial score (nSPS) is 11.2. The van der Waals surface area contributed by atoms with E-state index in [4.69, 9.17) is 12.2 Å². The lowest BCUT2D eigenvalue weighted by Gasteiger charge is -2.15. The van der Waals surface area contributed by atoms with E-state index in [1.54, 1.807) is 0 Å². The molecule has 2 aromatic carbocycles. The molecule has 1 N–H and O–H groups in total. The summed E-state index contributed by atoms with van der Waals surface area (Å²) < 4.78 is 0. The first-order valence-electron chi connectivity index (χ1n) is 9.40. The minimum absolute atomic E-state index is 0.690. The van der Waals surface area contributed by atoms with E-state index in [1.165, 1.54) is 22.3 Å². The third kappa shape index (κ3) is 6.22. The van der Waals surface area contributed by atoms with Gasteiger partial charge < -0.3 is 5.32 Å². The van der Waals surface area contributed by atoms with Gasteiger partial charge in [-0.15, -0.1) is 12.6 Å². The second kappa shape index (κ2) is 9.90. The summed E-state index contributed by atoms with van der Waals surface area (Å²) >= 11 is 9.70. The van der Waals surface area contributed by atoms with Crippen molar-refractivity contribution in [3.63, 3.8) is 0 Å². The second-order valence-electron chi connectivity index (χ2n) is 7.31. The molecular weight excluding hydrogens is 378 g/mol. The Labute approximate surface area is 180 Å². The highest BCUT2D eigenvalue weighted by molar-refractivity contribution is 7.80. The van der Waals surface area contributed by atoms with Crippen LogP contribution in [0.25, 0.3) is 6.08 Å². The molecule has 0 spiro atoms. The fourth-order valence-electron chi connectivity index (χ4n) is 3.24. The number of thiol groups is 1. The van der Waals surface area contributed by atoms with Gasteiger partial charge in [-0.25, -0.2) is 0 Å². The van der Waals surface area contributed by atoms with Gasteiger partial charge in [0.2, 0.25) is 0 Å². The zero-order valence-corrected chi connectivity index (χ0v) is 18.9. The maximum absolute atomic E-state index is 5.16. The molecule has 0 bridgehead atoms. The summed E-state index contributed by atoms with van der Waals surface area (Å²) in [4.78, 5) is 1.63. The number of thiocarbonyl (C=S) groups is 1. The molecule has 0 heterocycles. The largest absolute Gasteiger partial charge is 0.350 e. The highest BCUT2D eigenvalue weighted by Crippen LogP contribution is 2.25. The number of hydrogen-bond donors (Lipinski definition) is 2. The van der Waals surface area contributed by atoms with Crippen LogP contribution in [0.2, 0.25) is 0 Å². The molecule has 3 heteroatoms. The minimum atomic E-state index is 0.690. The van der Waals surface area contributed by atoms with Crippen molar-refractivity contribution in [2.45, 2.75) is 45.4 Å². The maximum atomic E-state index is 5.16. The number of benzene rings is 2. The minimum Gasteiger partial charge on any atom is -0.350 e. The van der Waals surface area contributed by atoms with Gasteiger partial charge in [-0.1, -0.05) is 55.2 Å². The van der Waals surface area contributed by atoms with Crippen LogP contribution >= 0.6 is 24.8 Å². The monoisotopic (exact) mass is 407 g/mol. The Morgan fingerprint density at radius 1 is 1.04 bits per heavy atom. The third-order valence-electron chi connectivity index (χ3n) is 4.70. The van der Waals surface area contributed by atoms with Crippen LogP contribution in [0.1, 0.15) is 41.7 Å². The van der Waals surface area contributed by atoms with Gasteiger partial charge in [0, 0.05) is 16.2 Å². The molecule has 0 aliphatic carbocycles. The van der Waals surface area contributed by atoms with Crippen molar-refractivity contribution in [3.8, 4) is 0 Å². The summed E-state index contributed by atoms with van der Waals surface area (Å²) in [5.41, 5.74) is 9.14. The molecule has 0 unspecified atom stereocenters. The molecule has 0 aliphatic rings. The standard InChI is InChI=1S/C25H29NS2/c1-16(2)25(19(5)26-20(6)27)15-23-14-24(28)12-11-22(23)10-9-21-8-7-17(3)13-18(21)4/h7-8,11-15,28H,1,5,9-10H2,2-4,6H3,(H,26,27)/b25-15-. The molecule has 0 radical (unpaired) electrons. The Balaban J connectivity index is 2.36. The first-order valence-corrected chi connectivity index (χ1v) is 10.3. The van der Waals surface area contributed by atoms with E-state index in [9.17, 15) is 0 Å². The van der Waals surface area contributed by atoms with Gasteiger partial charge in [0.05, 0.1) is 4.99 Å². The zero-order chi connectivity index (χ0) is 20.8. The molecule has 0 saturated carbocycles. The van der Waals surface area contributed by atoms with Crippen molar-refractivity contribution in [1.29, 1.82) is 0 Å². The first kappa shape index (κ1) is 22.2. The predicted molar refractivity (Wildman–Crippen MR) is 130 cm³/mol. The maximum Gasteiger partial charge on any atom is 0.0765 e. The van der Waals surface area contributed by atoms with E-state index >= 15 is 0 Å². The van der Waals surface area contributed by atoms with Gasteiger partial charge in [0.25, 0.3) is 0 Å². The molecule has 2 aromatic rings. The van der Waals surface area contributed by atoms with E-state index in [1.807, 2.05) is 19.9 Å². The molecule has 0 saturated heterocycles. The van der Waals surface area contributed by atoms with Crippen LogP contribution in [0, 0.1) is 13.8 Å². The van der Waals surface area contributed by atoms with Crippen molar-refractivity contribution < 1.29 is 0 Å². The lowest BCUT2D eigenvalue weighted by atomic mass is 9.94. The van der Waals surface area contributed by atoms with E-state index in [0.717, 1.165) is 40.1 Å². The number of hydrogen-bond acceptors (Lipinski definition) is 2. The van der Waals surface area contributed by atoms with Crippen molar-refractivity contribution in [3.05, 3.63) is 94.2 Å². The van der Waals surface area contributed by atoms with E-state index in [0.29, 0.717) is 4.99 Å². The van der Waals surface area contributed by atoms with Gasteiger partial charge in [0.15, 0.2) is 0 Å². The number of nitrogens with one attached hydrogen (secondary N) is 1. The van der Waals surface area contributed by atoms with Crippen LogP contribution in [-0.2, 0) is 12.8 Å². The van der Waals surface area contributed by atoms with E-state index in [-0.39, 0.29) is 0 Å². The Kier molecular flexibility index (Phi) is 7.85. The first-order chi connectivity index (χ1) is 13.2. The van der Waals surface area contributed by atoms with Crippen LogP contribution in [0.5, 0.6) is 0 Å². The Morgan fingerprint density at radius 2 is 1.68 bits per heavy atom. The topological polar surface area (TPSA) is 12.0 Å². The molecule has 146 valence electrons. The van der Waals surface area contributed by atoms with Crippen LogP contribution in [0.15, 0.2) is 71.3 Å². The zero-order valence-electron chi connectivity index (χ0n) is 17.2. The molecule has 0 atom stereocenters. The summed E-state index contributed by atoms with van der Waals surface area (Å²) in [6.07, 6.45) is 4.09. The van der Waals surface area contributed by atoms with E-state index < -0.39 is 0 Å². The van der Waals surface area contributed by atoms with Gasteiger partial charge in [0.1, 0.15) is 0 Å². The molecule has 0 aliphatic heterocycles. The summed E-state index contributed by atoms with van der Waals surface area (Å²) in [6.45, 7) is 16.4. The average Bonchev–Trinajstić information content (AvgIpc) is 2.59. The van der Waals surface area contributed by atoms with Crippen molar-refractivity contribution in [2.75, 3.05) is 0 Å². The molecule has 2 rings (SSSR count). The molecule has 1 nitrogen and oxygen atoms in total. The number of allylic oxidation sites excluding steroid dienone is 1. The highest BCUT2D eigenvalue weighted by atomic mass is 32.1. The molecule has 0 amide bonds. The summed E-state index contributed by atoms with van der Waals surface area (Å²) in [7, 11) is 0. The SMILES string of the molecule is C=C(C)/C(=C/c1cc(S)ccc1CCc1ccc(C)cc1C)C(=C)NC(C)=S. The Morgan fingerprint density at radius 3 is 2.29 bits per heavy atom. The van der Waals surface area contributed by atoms with Gasteiger partial charge in [-0.3, -0.25) is 0 Å².